The lowest BCUT2D eigenvalue weighted by molar-refractivity contribution is 0.340. The highest BCUT2D eigenvalue weighted by atomic mass is 32.1. The number of ether oxygens (including phenoxy) is 1. The molecule has 21 heavy (non-hydrogen) atoms. The van der Waals surface area contributed by atoms with Crippen LogP contribution in [0.5, 0.6) is 5.75 Å². The Morgan fingerprint density at radius 2 is 2.14 bits per heavy atom. The van der Waals surface area contributed by atoms with E-state index in [1.165, 1.54) is 0 Å². The van der Waals surface area contributed by atoms with Crippen molar-refractivity contribution in [2.45, 2.75) is 33.1 Å². The van der Waals surface area contributed by atoms with Gasteiger partial charge in [-0.2, -0.15) is 9.61 Å². The maximum atomic E-state index is 5.54. The lowest BCUT2D eigenvalue weighted by Crippen LogP contribution is -1.96. The van der Waals surface area contributed by atoms with E-state index in [4.69, 9.17) is 4.74 Å². The van der Waals surface area contributed by atoms with Crippen molar-refractivity contribution in [3.8, 4) is 16.3 Å². The molecule has 0 atom stereocenters. The van der Waals surface area contributed by atoms with Crippen LogP contribution in [0.25, 0.3) is 15.5 Å². The Hall–Kier alpha value is -1.95. The molecule has 6 heteroatoms. The van der Waals surface area contributed by atoms with Crippen LogP contribution in [0, 0.1) is 0 Å². The molecule has 0 fully saturated rings. The summed E-state index contributed by atoms with van der Waals surface area (Å²) in [5.41, 5.74) is 1.05. The van der Waals surface area contributed by atoms with Gasteiger partial charge in [-0.25, -0.2) is 0 Å². The minimum absolute atomic E-state index is 0.662. The fourth-order valence-corrected chi connectivity index (χ4v) is 3.01. The van der Waals surface area contributed by atoms with E-state index in [0.717, 1.165) is 46.4 Å². The summed E-state index contributed by atoms with van der Waals surface area (Å²) in [4.78, 5) is 0.845. The Morgan fingerprint density at radius 3 is 2.95 bits per heavy atom. The summed E-state index contributed by atoms with van der Waals surface area (Å²) in [6.07, 6.45) is 3.16. The second-order valence-electron chi connectivity index (χ2n) is 4.78. The van der Waals surface area contributed by atoms with Gasteiger partial charge in [0, 0.05) is 12.0 Å². The largest absolute Gasteiger partial charge is 0.494 e. The van der Waals surface area contributed by atoms with Crippen molar-refractivity contribution in [2.75, 3.05) is 6.61 Å². The van der Waals surface area contributed by atoms with Gasteiger partial charge < -0.3 is 4.74 Å². The zero-order valence-electron chi connectivity index (χ0n) is 12.2. The first-order valence-electron chi connectivity index (χ1n) is 7.26. The van der Waals surface area contributed by atoms with Crippen LogP contribution in [0.2, 0.25) is 0 Å². The minimum atomic E-state index is 0.662. The molecule has 1 aromatic carbocycles. The zero-order valence-corrected chi connectivity index (χ0v) is 13.1. The number of unbranched alkanes of at least 4 members (excludes halogenated alkanes) is 1. The van der Waals surface area contributed by atoms with E-state index in [9.17, 15) is 0 Å². The molecule has 0 saturated heterocycles. The average molecular weight is 302 g/mol. The lowest BCUT2D eigenvalue weighted by atomic mass is 10.2. The molecule has 0 radical (unpaired) electrons. The first-order valence-corrected chi connectivity index (χ1v) is 8.07. The predicted octanol–water partition coefficient (Wildman–Crippen LogP) is 3.59. The van der Waals surface area contributed by atoms with Gasteiger partial charge in [0.1, 0.15) is 10.8 Å². The SMILES string of the molecule is CCCCc1nnc2sc(-c3cccc(OCC)c3)nn12. The monoisotopic (exact) mass is 302 g/mol. The van der Waals surface area contributed by atoms with E-state index in [1.54, 1.807) is 11.3 Å². The van der Waals surface area contributed by atoms with E-state index in [1.807, 2.05) is 35.7 Å². The van der Waals surface area contributed by atoms with Gasteiger partial charge in [0.2, 0.25) is 4.96 Å². The summed E-state index contributed by atoms with van der Waals surface area (Å²) in [5, 5.41) is 14.0. The van der Waals surface area contributed by atoms with Gasteiger partial charge in [-0.1, -0.05) is 36.8 Å². The quantitative estimate of drug-likeness (QED) is 0.698. The van der Waals surface area contributed by atoms with Crippen LogP contribution in [0.15, 0.2) is 24.3 Å². The molecule has 0 bridgehead atoms. The van der Waals surface area contributed by atoms with Gasteiger partial charge in [0.25, 0.3) is 0 Å². The fourth-order valence-electron chi connectivity index (χ4n) is 2.15. The van der Waals surface area contributed by atoms with Gasteiger partial charge in [-0.05, 0) is 25.5 Å². The van der Waals surface area contributed by atoms with E-state index in [2.05, 4.69) is 22.2 Å². The van der Waals surface area contributed by atoms with Crippen molar-refractivity contribution in [1.82, 2.24) is 19.8 Å². The smallest absolute Gasteiger partial charge is 0.234 e. The average Bonchev–Trinajstić information content (AvgIpc) is 3.06. The Kier molecular flexibility index (Phi) is 4.15. The number of aryl methyl sites for hydroxylation is 1. The maximum absolute atomic E-state index is 5.54. The summed E-state index contributed by atoms with van der Waals surface area (Å²) in [7, 11) is 0. The lowest BCUT2D eigenvalue weighted by Gasteiger charge is -2.03. The Morgan fingerprint density at radius 1 is 1.24 bits per heavy atom. The molecule has 0 aliphatic rings. The first-order chi connectivity index (χ1) is 10.3. The first kappa shape index (κ1) is 14.0. The molecule has 2 heterocycles. The number of hydrogen-bond donors (Lipinski definition) is 0. The highest BCUT2D eigenvalue weighted by Gasteiger charge is 2.12. The molecule has 3 rings (SSSR count). The van der Waals surface area contributed by atoms with Crippen molar-refractivity contribution >= 4 is 16.3 Å². The summed E-state index contributed by atoms with van der Waals surface area (Å²) >= 11 is 1.55. The number of hydrogen-bond acceptors (Lipinski definition) is 5. The van der Waals surface area contributed by atoms with Gasteiger partial charge in [-0.15, -0.1) is 10.2 Å². The summed E-state index contributed by atoms with van der Waals surface area (Å²) in [5.74, 6) is 1.81. The standard InChI is InChI=1S/C15H18N4OS/c1-3-5-9-13-16-17-15-19(13)18-14(21-15)11-7-6-8-12(10-11)20-4-2/h6-8,10H,3-5,9H2,1-2H3. The Bertz CT molecular complexity index is 734. The third-order valence-corrected chi connectivity index (χ3v) is 4.15. The van der Waals surface area contributed by atoms with Crippen LogP contribution < -0.4 is 4.74 Å². The van der Waals surface area contributed by atoms with Crippen LogP contribution in [-0.4, -0.2) is 26.4 Å². The van der Waals surface area contributed by atoms with Crippen molar-refractivity contribution in [3.05, 3.63) is 30.1 Å². The number of fused-ring (bicyclic) bond motifs is 1. The highest BCUT2D eigenvalue weighted by molar-refractivity contribution is 7.19. The van der Waals surface area contributed by atoms with Gasteiger partial charge in [-0.3, -0.25) is 0 Å². The molecule has 0 amide bonds. The van der Waals surface area contributed by atoms with Crippen LogP contribution in [0.4, 0.5) is 0 Å². The number of benzene rings is 1. The summed E-state index contributed by atoms with van der Waals surface area (Å²) < 4.78 is 7.41. The fraction of sp³-hybridized carbons (Fsp3) is 0.400. The van der Waals surface area contributed by atoms with Crippen LogP contribution in [0.1, 0.15) is 32.5 Å². The van der Waals surface area contributed by atoms with Crippen molar-refractivity contribution in [2.24, 2.45) is 0 Å². The summed E-state index contributed by atoms with van der Waals surface area (Å²) in [6.45, 7) is 4.81. The molecule has 0 N–H and O–H groups in total. The zero-order chi connectivity index (χ0) is 14.7. The summed E-state index contributed by atoms with van der Waals surface area (Å²) in [6, 6.07) is 8.00. The number of nitrogens with zero attached hydrogens (tertiary/aromatic N) is 4. The van der Waals surface area contributed by atoms with Gasteiger partial charge in [0.15, 0.2) is 5.82 Å². The highest BCUT2D eigenvalue weighted by Crippen LogP contribution is 2.28. The van der Waals surface area contributed by atoms with Crippen molar-refractivity contribution in [3.63, 3.8) is 0 Å². The van der Waals surface area contributed by atoms with Crippen molar-refractivity contribution in [1.29, 1.82) is 0 Å². The molecule has 0 unspecified atom stereocenters. The van der Waals surface area contributed by atoms with Gasteiger partial charge in [0.05, 0.1) is 6.61 Å². The predicted molar refractivity (Wildman–Crippen MR) is 83.9 cm³/mol. The molecular formula is C15H18N4OS. The number of aromatic nitrogens is 4. The molecule has 0 aliphatic carbocycles. The minimum Gasteiger partial charge on any atom is -0.494 e. The van der Waals surface area contributed by atoms with Crippen molar-refractivity contribution < 1.29 is 4.74 Å². The second kappa shape index (κ2) is 6.22. The molecule has 0 spiro atoms. The third-order valence-electron chi connectivity index (χ3n) is 3.20. The molecule has 110 valence electrons. The maximum Gasteiger partial charge on any atom is 0.234 e. The Balaban J connectivity index is 1.93. The van der Waals surface area contributed by atoms with E-state index < -0.39 is 0 Å². The second-order valence-corrected chi connectivity index (χ2v) is 5.74. The van der Waals surface area contributed by atoms with E-state index in [-0.39, 0.29) is 0 Å². The van der Waals surface area contributed by atoms with E-state index in [0.29, 0.717) is 6.61 Å². The topological polar surface area (TPSA) is 52.3 Å². The molecule has 0 aliphatic heterocycles. The van der Waals surface area contributed by atoms with Crippen LogP contribution in [-0.2, 0) is 6.42 Å². The van der Waals surface area contributed by atoms with Crippen LogP contribution in [0.3, 0.4) is 0 Å². The van der Waals surface area contributed by atoms with Crippen LogP contribution >= 0.6 is 11.3 Å². The Labute approximate surface area is 127 Å². The molecule has 2 aromatic heterocycles. The number of rotatable bonds is 6. The third kappa shape index (κ3) is 2.90. The van der Waals surface area contributed by atoms with Gasteiger partial charge >= 0.3 is 0 Å². The molecule has 0 saturated carbocycles. The van der Waals surface area contributed by atoms with E-state index >= 15 is 0 Å². The molecule has 5 nitrogen and oxygen atoms in total. The molecular weight excluding hydrogens is 284 g/mol. The molecule has 3 aromatic rings. The normalized spacial score (nSPS) is 11.1.